The van der Waals surface area contributed by atoms with E-state index in [-0.39, 0.29) is 17.9 Å². The summed E-state index contributed by atoms with van der Waals surface area (Å²) < 4.78 is 0. The number of nitrogens with one attached hydrogen (secondary N) is 2. The molecule has 0 unspecified atom stereocenters. The van der Waals surface area contributed by atoms with E-state index in [2.05, 4.69) is 17.2 Å². The topological polar surface area (TPSA) is 58.2 Å². The van der Waals surface area contributed by atoms with E-state index in [0.717, 1.165) is 25.7 Å². The molecule has 0 fully saturated rings. The van der Waals surface area contributed by atoms with E-state index < -0.39 is 0 Å². The number of hydrogen-bond acceptors (Lipinski definition) is 2. The lowest BCUT2D eigenvalue weighted by Crippen LogP contribution is -2.29. The molecular formula is C13H24N2O2. The van der Waals surface area contributed by atoms with Gasteiger partial charge in [-0.2, -0.15) is 0 Å². The van der Waals surface area contributed by atoms with Crippen molar-refractivity contribution in [2.45, 2.75) is 52.0 Å². The van der Waals surface area contributed by atoms with Crippen LogP contribution in [-0.2, 0) is 9.59 Å². The van der Waals surface area contributed by atoms with Gasteiger partial charge in [0.2, 0.25) is 11.8 Å². The summed E-state index contributed by atoms with van der Waals surface area (Å²) in [5.41, 5.74) is 0. The van der Waals surface area contributed by atoms with Crippen LogP contribution in [0.4, 0.5) is 0 Å². The zero-order valence-electron chi connectivity index (χ0n) is 10.9. The van der Waals surface area contributed by atoms with E-state index in [1.54, 1.807) is 0 Å². The van der Waals surface area contributed by atoms with E-state index in [4.69, 9.17) is 0 Å². The first-order chi connectivity index (χ1) is 8.06. The minimum atomic E-state index is -0.124. The van der Waals surface area contributed by atoms with Gasteiger partial charge in [-0.1, -0.05) is 19.4 Å². The summed E-state index contributed by atoms with van der Waals surface area (Å²) in [5.74, 6) is 0.00118. The van der Waals surface area contributed by atoms with E-state index in [0.29, 0.717) is 13.0 Å². The van der Waals surface area contributed by atoms with Crippen LogP contribution in [0.25, 0.3) is 0 Å². The average molecular weight is 240 g/mol. The molecule has 98 valence electrons. The zero-order chi connectivity index (χ0) is 13.1. The smallest absolute Gasteiger partial charge is 0.243 e. The standard InChI is InChI=1S/C13H24N2O2/c1-4-12(16)14-10-8-6-5-7-9-13(17)15-11(2)3/h4,11H,1,5-10H2,2-3H3,(H,14,16)(H,15,17). The molecule has 0 aliphatic rings. The number of carbonyl (C=O) groups is 2. The largest absolute Gasteiger partial charge is 0.354 e. The summed E-state index contributed by atoms with van der Waals surface area (Å²) in [6.45, 7) is 7.98. The summed E-state index contributed by atoms with van der Waals surface area (Å²) in [4.78, 5) is 22.1. The summed E-state index contributed by atoms with van der Waals surface area (Å²) >= 11 is 0. The van der Waals surface area contributed by atoms with E-state index in [1.165, 1.54) is 6.08 Å². The quantitative estimate of drug-likeness (QED) is 0.476. The lowest BCUT2D eigenvalue weighted by Gasteiger charge is -2.07. The van der Waals surface area contributed by atoms with Crippen LogP contribution in [0, 0.1) is 0 Å². The number of amides is 2. The van der Waals surface area contributed by atoms with Crippen LogP contribution in [-0.4, -0.2) is 24.4 Å². The molecule has 2 N–H and O–H groups in total. The summed E-state index contributed by atoms with van der Waals surface area (Å²) in [6, 6.07) is 0.219. The van der Waals surface area contributed by atoms with Crippen molar-refractivity contribution in [1.82, 2.24) is 10.6 Å². The third-order valence-corrected chi connectivity index (χ3v) is 2.26. The van der Waals surface area contributed by atoms with Gasteiger partial charge >= 0.3 is 0 Å². The Bertz CT molecular complexity index is 250. The normalized spacial score (nSPS) is 10.1. The molecule has 0 heterocycles. The SMILES string of the molecule is C=CC(=O)NCCCCCCC(=O)NC(C)C. The molecule has 0 saturated carbocycles. The molecule has 0 aromatic heterocycles. The average Bonchev–Trinajstić information content (AvgIpc) is 2.26. The third kappa shape index (κ3) is 11.0. The molecule has 0 radical (unpaired) electrons. The Hall–Kier alpha value is -1.32. The fourth-order valence-electron chi connectivity index (χ4n) is 1.44. The number of unbranched alkanes of at least 4 members (excludes halogenated alkanes) is 3. The Labute approximate surface area is 104 Å². The second-order valence-electron chi connectivity index (χ2n) is 4.38. The van der Waals surface area contributed by atoms with Gasteiger partial charge in [0.05, 0.1) is 0 Å². The molecular weight excluding hydrogens is 216 g/mol. The Kier molecular flexibility index (Phi) is 9.11. The molecule has 0 atom stereocenters. The van der Waals surface area contributed by atoms with Gasteiger partial charge in [0.15, 0.2) is 0 Å². The minimum absolute atomic E-state index is 0.124. The van der Waals surface area contributed by atoms with Gasteiger partial charge in [-0.15, -0.1) is 0 Å². The Morgan fingerprint density at radius 1 is 1.18 bits per heavy atom. The van der Waals surface area contributed by atoms with Crippen LogP contribution in [0.1, 0.15) is 46.0 Å². The fourth-order valence-corrected chi connectivity index (χ4v) is 1.44. The van der Waals surface area contributed by atoms with Crippen molar-refractivity contribution in [2.24, 2.45) is 0 Å². The van der Waals surface area contributed by atoms with Crippen molar-refractivity contribution in [1.29, 1.82) is 0 Å². The van der Waals surface area contributed by atoms with Crippen LogP contribution in [0.3, 0.4) is 0 Å². The predicted molar refractivity (Wildman–Crippen MR) is 69.6 cm³/mol. The van der Waals surface area contributed by atoms with Gasteiger partial charge in [0.1, 0.15) is 0 Å². The highest BCUT2D eigenvalue weighted by molar-refractivity contribution is 5.86. The maximum Gasteiger partial charge on any atom is 0.243 e. The molecule has 4 heteroatoms. The van der Waals surface area contributed by atoms with Gasteiger partial charge in [-0.05, 0) is 32.8 Å². The van der Waals surface area contributed by atoms with Crippen LogP contribution in [0.5, 0.6) is 0 Å². The second kappa shape index (κ2) is 9.87. The highest BCUT2D eigenvalue weighted by Crippen LogP contribution is 2.02. The van der Waals surface area contributed by atoms with Crippen LogP contribution < -0.4 is 10.6 Å². The molecule has 0 bridgehead atoms. The highest BCUT2D eigenvalue weighted by Gasteiger charge is 2.02. The lowest BCUT2D eigenvalue weighted by atomic mass is 10.1. The number of rotatable bonds is 9. The van der Waals surface area contributed by atoms with Crippen LogP contribution >= 0.6 is 0 Å². The molecule has 2 amide bonds. The Morgan fingerprint density at radius 2 is 1.82 bits per heavy atom. The lowest BCUT2D eigenvalue weighted by molar-refractivity contribution is -0.121. The van der Waals surface area contributed by atoms with E-state index in [9.17, 15) is 9.59 Å². The first-order valence-electron chi connectivity index (χ1n) is 6.26. The van der Waals surface area contributed by atoms with Crippen LogP contribution in [0.15, 0.2) is 12.7 Å². The van der Waals surface area contributed by atoms with E-state index >= 15 is 0 Å². The summed E-state index contributed by atoms with van der Waals surface area (Å²) in [7, 11) is 0. The van der Waals surface area contributed by atoms with E-state index in [1.807, 2.05) is 13.8 Å². The molecule has 0 aromatic rings. The molecule has 17 heavy (non-hydrogen) atoms. The van der Waals surface area contributed by atoms with Crippen molar-refractivity contribution in [3.05, 3.63) is 12.7 Å². The molecule has 0 rings (SSSR count). The van der Waals surface area contributed by atoms with Gasteiger partial charge < -0.3 is 10.6 Å². The van der Waals surface area contributed by atoms with Crippen molar-refractivity contribution in [2.75, 3.05) is 6.54 Å². The third-order valence-electron chi connectivity index (χ3n) is 2.26. The maximum atomic E-state index is 11.3. The molecule has 0 spiro atoms. The molecule has 0 saturated heterocycles. The van der Waals surface area contributed by atoms with Crippen molar-refractivity contribution >= 4 is 11.8 Å². The van der Waals surface area contributed by atoms with Crippen LogP contribution in [0.2, 0.25) is 0 Å². The summed E-state index contributed by atoms with van der Waals surface area (Å²) in [5, 5.41) is 5.58. The first kappa shape index (κ1) is 15.7. The summed E-state index contributed by atoms with van der Waals surface area (Å²) in [6.07, 6.45) is 5.79. The maximum absolute atomic E-state index is 11.3. The monoisotopic (exact) mass is 240 g/mol. The first-order valence-corrected chi connectivity index (χ1v) is 6.26. The molecule has 0 aliphatic heterocycles. The van der Waals surface area contributed by atoms with Gasteiger partial charge in [-0.25, -0.2) is 0 Å². The molecule has 0 aromatic carbocycles. The Morgan fingerprint density at radius 3 is 2.41 bits per heavy atom. The fraction of sp³-hybridized carbons (Fsp3) is 0.692. The van der Waals surface area contributed by atoms with Gasteiger partial charge in [-0.3, -0.25) is 9.59 Å². The second-order valence-corrected chi connectivity index (χ2v) is 4.38. The zero-order valence-corrected chi connectivity index (χ0v) is 10.9. The molecule has 4 nitrogen and oxygen atoms in total. The molecule has 0 aliphatic carbocycles. The minimum Gasteiger partial charge on any atom is -0.354 e. The van der Waals surface area contributed by atoms with Crippen molar-refractivity contribution < 1.29 is 9.59 Å². The number of hydrogen-bond donors (Lipinski definition) is 2. The van der Waals surface area contributed by atoms with Crippen molar-refractivity contribution in [3.8, 4) is 0 Å². The van der Waals surface area contributed by atoms with Gasteiger partial charge in [0.25, 0.3) is 0 Å². The highest BCUT2D eigenvalue weighted by atomic mass is 16.2. The predicted octanol–water partition coefficient (Wildman–Crippen LogP) is 1.76. The van der Waals surface area contributed by atoms with Gasteiger partial charge in [0, 0.05) is 19.0 Å². The van der Waals surface area contributed by atoms with Crippen molar-refractivity contribution in [3.63, 3.8) is 0 Å². The Balaban J connectivity index is 3.26. The number of carbonyl (C=O) groups excluding carboxylic acids is 2.